The van der Waals surface area contributed by atoms with E-state index in [0.29, 0.717) is 0 Å². The van der Waals surface area contributed by atoms with Gasteiger partial charge in [-0.25, -0.2) is 0 Å². The van der Waals surface area contributed by atoms with E-state index in [2.05, 4.69) is 24.5 Å². The van der Waals surface area contributed by atoms with E-state index in [1.165, 1.54) is 19.5 Å². The summed E-state index contributed by atoms with van der Waals surface area (Å²) in [6.07, 6.45) is 1.30. The summed E-state index contributed by atoms with van der Waals surface area (Å²) < 4.78 is 0. The van der Waals surface area contributed by atoms with Gasteiger partial charge in [0.2, 0.25) is 0 Å². The molecular weight excluding hydrogens is 136 g/mol. The largest absolute Gasteiger partial charge is 0.315 e. The minimum Gasteiger partial charge on any atom is -0.315 e. The topological polar surface area (TPSA) is 24.1 Å². The lowest BCUT2D eigenvalue weighted by atomic mass is 9.92. The molecule has 2 N–H and O–H groups in total. The van der Waals surface area contributed by atoms with Gasteiger partial charge >= 0.3 is 0 Å². The van der Waals surface area contributed by atoms with Crippen molar-refractivity contribution < 1.29 is 0 Å². The van der Waals surface area contributed by atoms with Gasteiger partial charge in [0.05, 0.1) is 0 Å². The fourth-order valence-corrected chi connectivity index (χ4v) is 1.56. The highest BCUT2D eigenvalue weighted by molar-refractivity contribution is 4.73. The van der Waals surface area contributed by atoms with Crippen molar-refractivity contribution in [3.63, 3.8) is 0 Å². The zero-order valence-corrected chi connectivity index (χ0v) is 7.69. The van der Waals surface area contributed by atoms with Gasteiger partial charge in [0.25, 0.3) is 0 Å². The molecule has 0 aliphatic carbocycles. The van der Waals surface area contributed by atoms with Crippen LogP contribution in [0.3, 0.4) is 0 Å². The van der Waals surface area contributed by atoms with E-state index >= 15 is 0 Å². The average molecular weight is 156 g/mol. The van der Waals surface area contributed by atoms with E-state index in [4.69, 9.17) is 0 Å². The second kappa shape index (κ2) is 4.73. The van der Waals surface area contributed by atoms with Crippen molar-refractivity contribution in [1.29, 1.82) is 0 Å². The van der Waals surface area contributed by atoms with Crippen molar-refractivity contribution in [1.82, 2.24) is 10.6 Å². The van der Waals surface area contributed by atoms with Crippen LogP contribution in [0.15, 0.2) is 0 Å². The van der Waals surface area contributed by atoms with Crippen molar-refractivity contribution in [2.24, 2.45) is 11.8 Å². The molecule has 0 spiro atoms. The van der Waals surface area contributed by atoms with Gasteiger partial charge in [-0.3, -0.25) is 0 Å². The lowest BCUT2D eigenvalue weighted by molar-refractivity contribution is 0.341. The Morgan fingerprint density at radius 3 is 2.27 bits per heavy atom. The first-order valence-electron chi connectivity index (χ1n) is 4.76. The predicted octanol–water partition coefficient (Wildman–Crippen LogP) is 0.842. The summed E-state index contributed by atoms with van der Waals surface area (Å²) in [5, 5.41) is 6.90. The monoisotopic (exact) mass is 156 g/mol. The van der Waals surface area contributed by atoms with E-state index in [1.807, 2.05) is 0 Å². The van der Waals surface area contributed by atoms with Crippen LogP contribution in [-0.4, -0.2) is 26.2 Å². The molecule has 66 valence electrons. The molecule has 0 amide bonds. The SMILES string of the molecule is CCC(C)C1CNCCNC1. The van der Waals surface area contributed by atoms with Crippen LogP contribution in [0.2, 0.25) is 0 Å². The summed E-state index contributed by atoms with van der Waals surface area (Å²) in [6.45, 7) is 9.28. The molecule has 1 saturated heterocycles. The van der Waals surface area contributed by atoms with Crippen LogP contribution in [0, 0.1) is 11.8 Å². The molecule has 1 atom stereocenters. The van der Waals surface area contributed by atoms with Crippen molar-refractivity contribution in [2.75, 3.05) is 26.2 Å². The van der Waals surface area contributed by atoms with Crippen LogP contribution >= 0.6 is 0 Å². The molecular formula is C9H20N2. The summed E-state index contributed by atoms with van der Waals surface area (Å²) in [7, 11) is 0. The van der Waals surface area contributed by atoms with Crippen molar-refractivity contribution >= 4 is 0 Å². The Morgan fingerprint density at radius 2 is 1.82 bits per heavy atom. The molecule has 11 heavy (non-hydrogen) atoms. The molecule has 0 aromatic carbocycles. The van der Waals surface area contributed by atoms with Gasteiger partial charge in [0.1, 0.15) is 0 Å². The lowest BCUT2D eigenvalue weighted by Gasteiger charge is -2.20. The number of hydrogen-bond acceptors (Lipinski definition) is 2. The van der Waals surface area contributed by atoms with Gasteiger partial charge in [0.15, 0.2) is 0 Å². The molecule has 1 aliphatic heterocycles. The Morgan fingerprint density at radius 1 is 1.27 bits per heavy atom. The first kappa shape index (κ1) is 9.01. The van der Waals surface area contributed by atoms with E-state index in [-0.39, 0.29) is 0 Å². The summed E-state index contributed by atoms with van der Waals surface area (Å²) in [5.74, 6) is 1.69. The molecule has 0 aromatic rings. The molecule has 2 nitrogen and oxygen atoms in total. The fourth-order valence-electron chi connectivity index (χ4n) is 1.56. The third-order valence-electron chi connectivity index (χ3n) is 2.74. The van der Waals surface area contributed by atoms with Crippen LogP contribution < -0.4 is 10.6 Å². The smallest absolute Gasteiger partial charge is 0.00768 e. The Kier molecular flexibility index (Phi) is 3.87. The molecule has 1 rings (SSSR count). The van der Waals surface area contributed by atoms with E-state index < -0.39 is 0 Å². The molecule has 0 bridgehead atoms. The second-order valence-electron chi connectivity index (χ2n) is 3.55. The van der Waals surface area contributed by atoms with Crippen LogP contribution in [-0.2, 0) is 0 Å². The van der Waals surface area contributed by atoms with E-state index in [0.717, 1.165) is 24.9 Å². The second-order valence-corrected chi connectivity index (χ2v) is 3.55. The maximum atomic E-state index is 3.45. The van der Waals surface area contributed by atoms with Gasteiger partial charge < -0.3 is 10.6 Å². The van der Waals surface area contributed by atoms with Crippen molar-refractivity contribution in [3.05, 3.63) is 0 Å². The summed E-state index contributed by atoms with van der Waals surface area (Å²) in [4.78, 5) is 0. The van der Waals surface area contributed by atoms with Gasteiger partial charge in [-0.1, -0.05) is 20.3 Å². The van der Waals surface area contributed by atoms with Gasteiger partial charge in [-0.05, 0) is 24.9 Å². The summed E-state index contributed by atoms with van der Waals surface area (Å²) in [6, 6.07) is 0. The van der Waals surface area contributed by atoms with Gasteiger partial charge in [-0.15, -0.1) is 0 Å². The normalized spacial score (nSPS) is 24.5. The highest BCUT2D eigenvalue weighted by Crippen LogP contribution is 2.13. The van der Waals surface area contributed by atoms with Gasteiger partial charge in [-0.2, -0.15) is 0 Å². The fraction of sp³-hybridized carbons (Fsp3) is 1.00. The molecule has 0 saturated carbocycles. The Hall–Kier alpha value is -0.0800. The molecule has 0 aromatic heterocycles. The number of rotatable bonds is 2. The standard InChI is InChI=1S/C9H20N2/c1-3-8(2)9-6-10-4-5-11-7-9/h8-11H,3-7H2,1-2H3. The first-order chi connectivity index (χ1) is 5.34. The maximum Gasteiger partial charge on any atom is 0.00768 e. The Labute approximate surface area is 69.8 Å². The van der Waals surface area contributed by atoms with Crippen molar-refractivity contribution in [2.45, 2.75) is 20.3 Å². The minimum absolute atomic E-state index is 0.836. The highest BCUT2D eigenvalue weighted by Gasteiger charge is 2.16. The number of nitrogens with one attached hydrogen (secondary N) is 2. The van der Waals surface area contributed by atoms with Gasteiger partial charge in [0, 0.05) is 13.1 Å². The molecule has 2 heteroatoms. The maximum absolute atomic E-state index is 3.45. The summed E-state index contributed by atoms with van der Waals surface area (Å²) >= 11 is 0. The lowest BCUT2D eigenvalue weighted by Crippen LogP contribution is -2.28. The summed E-state index contributed by atoms with van der Waals surface area (Å²) in [5.41, 5.74) is 0. The molecule has 1 aliphatic rings. The highest BCUT2D eigenvalue weighted by atomic mass is 15.0. The van der Waals surface area contributed by atoms with Crippen LogP contribution in [0.4, 0.5) is 0 Å². The molecule has 1 fully saturated rings. The van der Waals surface area contributed by atoms with E-state index in [9.17, 15) is 0 Å². The van der Waals surface area contributed by atoms with Crippen LogP contribution in [0.25, 0.3) is 0 Å². The van der Waals surface area contributed by atoms with Crippen LogP contribution in [0.1, 0.15) is 20.3 Å². The molecule has 1 heterocycles. The Balaban J connectivity index is 2.30. The van der Waals surface area contributed by atoms with Crippen LogP contribution in [0.5, 0.6) is 0 Å². The molecule has 1 unspecified atom stereocenters. The van der Waals surface area contributed by atoms with Crippen molar-refractivity contribution in [3.8, 4) is 0 Å². The molecule has 0 radical (unpaired) electrons. The average Bonchev–Trinajstić information content (AvgIpc) is 2.30. The first-order valence-corrected chi connectivity index (χ1v) is 4.76. The minimum atomic E-state index is 0.836. The van der Waals surface area contributed by atoms with E-state index in [1.54, 1.807) is 0 Å². The quantitative estimate of drug-likeness (QED) is 0.619. The third-order valence-corrected chi connectivity index (χ3v) is 2.74. The third kappa shape index (κ3) is 2.80. The Bertz CT molecular complexity index is 95.7. The number of hydrogen-bond donors (Lipinski definition) is 2. The zero-order valence-electron chi connectivity index (χ0n) is 7.69. The predicted molar refractivity (Wildman–Crippen MR) is 48.7 cm³/mol. The zero-order chi connectivity index (χ0) is 8.10.